The minimum Gasteiger partial charge on any atom is -0.252 e. The van der Waals surface area contributed by atoms with Gasteiger partial charge in [-0.25, -0.2) is 4.57 Å². The zero-order valence-corrected chi connectivity index (χ0v) is 6.05. The molecule has 0 atom stereocenters. The van der Waals surface area contributed by atoms with Crippen molar-refractivity contribution in [3.05, 3.63) is 23.8 Å². The van der Waals surface area contributed by atoms with Crippen molar-refractivity contribution in [2.75, 3.05) is 0 Å². The molecule has 0 amide bonds. The van der Waals surface area contributed by atoms with Crippen molar-refractivity contribution in [2.45, 2.75) is 13.8 Å². The smallest absolute Gasteiger partial charge is 0.196 e. The summed E-state index contributed by atoms with van der Waals surface area (Å²) in [6, 6.07) is 0. The van der Waals surface area contributed by atoms with Crippen LogP contribution in [0, 0.1) is 13.8 Å². The van der Waals surface area contributed by atoms with Crippen LogP contribution < -0.4 is 4.57 Å². The highest BCUT2D eigenvalue weighted by atomic mass is 15.0. The number of hydrogen-bond donors (Lipinski definition) is 0. The number of aryl methyl sites for hydroxylation is 2. The molecule has 0 aliphatic heterocycles. The molecule has 0 aliphatic rings. The Morgan fingerprint density at radius 2 is 1.67 bits per heavy atom. The zero-order chi connectivity index (χ0) is 6.85. The Balaban J connectivity index is 3.25. The maximum Gasteiger partial charge on any atom is 0.196 e. The van der Waals surface area contributed by atoms with Crippen molar-refractivity contribution in [3.63, 3.8) is 0 Å². The van der Waals surface area contributed by atoms with Crippen molar-refractivity contribution >= 4 is 0 Å². The lowest BCUT2D eigenvalue weighted by atomic mass is 10.4. The molecule has 0 aromatic carbocycles. The predicted octanol–water partition coefficient (Wildman–Crippen LogP) is 0.523. The third-order valence-corrected chi connectivity index (χ3v) is 1.58. The monoisotopic (exact) mass is 123 g/mol. The minimum absolute atomic E-state index is 1.19. The van der Waals surface area contributed by atoms with Crippen LogP contribution in [0.15, 0.2) is 12.4 Å². The molecule has 0 unspecified atom stereocenters. The first kappa shape index (κ1) is 6.20. The largest absolute Gasteiger partial charge is 0.252 e. The Kier molecular flexibility index (Phi) is 1.47. The van der Waals surface area contributed by atoms with Crippen molar-refractivity contribution in [1.29, 1.82) is 0 Å². The molecule has 1 rings (SSSR count). The molecular weight excluding hydrogens is 112 g/mol. The first-order valence-electron chi connectivity index (χ1n) is 2.99. The SMILES string of the molecule is Cc1cncc(C)[n+]1C. The molecule has 1 aromatic rings. The zero-order valence-electron chi connectivity index (χ0n) is 6.05. The van der Waals surface area contributed by atoms with Gasteiger partial charge in [0.25, 0.3) is 0 Å². The van der Waals surface area contributed by atoms with E-state index in [-0.39, 0.29) is 0 Å². The van der Waals surface area contributed by atoms with Crippen LogP contribution in [-0.4, -0.2) is 4.98 Å². The maximum atomic E-state index is 4.02. The summed E-state index contributed by atoms with van der Waals surface area (Å²) in [5.41, 5.74) is 2.38. The highest BCUT2D eigenvalue weighted by Gasteiger charge is 2.01. The summed E-state index contributed by atoms with van der Waals surface area (Å²) < 4.78 is 2.10. The minimum atomic E-state index is 1.19. The second kappa shape index (κ2) is 2.13. The Morgan fingerprint density at radius 3 is 2.00 bits per heavy atom. The van der Waals surface area contributed by atoms with Gasteiger partial charge in [0.2, 0.25) is 0 Å². The molecule has 0 fully saturated rings. The molecule has 2 nitrogen and oxygen atoms in total. The van der Waals surface area contributed by atoms with Crippen molar-refractivity contribution in [3.8, 4) is 0 Å². The van der Waals surface area contributed by atoms with Crippen LogP contribution in [0.1, 0.15) is 11.4 Å². The Bertz CT molecular complexity index is 198. The van der Waals surface area contributed by atoms with Gasteiger partial charge < -0.3 is 0 Å². The highest BCUT2D eigenvalue weighted by Crippen LogP contribution is 1.86. The highest BCUT2D eigenvalue weighted by molar-refractivity contribution is 4.88. The second-order valence-electron chi connectivity index (χ2n) is 2.25. The van der Waals surface area contributed by atoms with Crippen LogP contribution in [0.2, 0.25) is 0 Å². The van der Waals surface area contributed by atoms with E-state index in [1.54, 1.807) is 0 Å². The van der Waals surface area contributed by atoms with Crippen LogP contribution in [0.4, 0.5) is 0 Å². The normalized spacial score (nSPS) is 9.67. The lowest BCUT2D eigenvalue weighted by Crippen LogP contribution is -2.35. The molecule has 0 aliphatic carbocycles. The van der Waals surface area contributed by atoms with E-state index < -0.39 is 0 Å². The number of rotatable bonds is 0. The fourth-order valence-electron chi connectivity index (χ4n) is 0.704. The van der Waals surface area contributed by atoms with Crippen LogP contribution in [0.3, 0.4) is 0 Å². The summed E-state index contributed by atoms with van der Waals surface area (Å²) in [6.45, 7) is 4.08. The average Bonchev–Trinajstić information content (AvgIpc) is 1.83. The van der Waals surface area contributed by atoms with Gasteiger partial charge in [-0.1, -0.05) is 0 Å². The van der Waals surface area contributed by atoms with Gasteiger partial charge in [-0.3, -0.25) is 4.98 Å². The lowest BCUT2D eigenvalue weighted by molar-refractivity contribution is -0.684. The molecule has 0 N–H and O–H groups in total. The fraction of sp³-hybridized carbons (Fsp3) is 0.429. The molecule has 0 saturated carbocycles. The molecule has 0 spiro atoms. The topological polar surface area (TPSA) is 16.8 Å². The molecule has 2 heteroatoms. The predicted molar refractivity (Wildman–Crippen MR) is 34.9 cm³/mol. The van der Waals surface area contributed by atoms with E-state index >= 15 is 0 Å². The van der Waals surface area contributed by atoms with Crippen molar-refractivity contribution < 1.29 is 4.57 Å². The second-order valence-corrected chi connectivity index (χ2v) is 2.25. The maximum absolute atomic E-state index is 4.02. The lowest BCUT2D eigenvalue weighted by Gasteiger charge is -1.93. The quantitative estimate of drug-likeness (QED) is 0.460. The third kappa shape index (κ3) is 1.07. The van der Waals surface area contributed by atoms with E-state index in [0.29, 0.717) is 0 Å². The molecule has 0 saturated heterocycles. The van der Waals surface area contributed by atoms with E-state index in [4.69, 9.17) is 0 Å². The standard InChI is InChI=1S/C7H11N2/c1-6-4-8-5-7(2)9(6)3/h4-5H,1-3H3/q+1. The van der Waals surface area contributed by atoms with E-state index in [1.807, 2.05) is 33.3 Å². The molecule has 9 heavy (non-hydrogen) atoms. The summed E-state index contributed by atoms with van der Waals surface area (Å²) in [7, 11) is 2.03. The summed E-state index contributed by atoms with van der Waals surface area (Å²) in [5, 5.41) is 0. The summed E-state index contributed by atoms with van der Waals surface area (Å²) >= 11 is 0. The Labute approximate surface area is 55.2 Å². The van der Waals surface area contributed by atoms with E-state index in [2.05, 4.69) is 9.55 Å². The van der Waals surface area contributed by atoms with Gasteiger partial charge in [-0.2, -0.15) is 0 Å². The van der Waals surface area contributed by atoms with E-state index in [0.717, 1.165) is 0 Å². The number of nitrogens with zero attached hydrogens (tertiary/aromatic N) is 2. The first-order chi connectivity index (χ1) is 4.22. The summed E-state index contributed by atoms with van der Waals surface area (Å²) in [4.78, 5) is 4.02. The number of hydrogen-bond acceptors (Lipinski definition) is 1. The third-order valence-electron chi connectivity index (χ3n) is 1.58. The van der Waals surface area contributed by atoms with Gasteiger partial charge in [0.05, 0.1) is 12.4 Å². The van der Waals surface area contributed by atoms with Crippen LogP contribution >= 0.6 is 0 Å². The molecule has 1 aromatic heterocycles. The molecule has 1 heterocycles. The van der Waals surface area contributed by atoms with E-state index in [9.17, 15) is 0 Å². The fourth-order valence-corrected chi connectivity index (χ4v) is 0.704. The Morgan fingerprint density at radius 1 is 1.22 bits per heavy atom. The number of aromatic nitrogens is 2. The van der Waals surface area contributed by atoms with Gasteiger partial charge in [-0.15, -0.1) is 0 Å². The van der Waals surface area contributed by atoms with Crippen LogP contribution in [-0.2, 0) is 7.05 Å². The molecular formula is C7H11N2+. The molecule has 48 valence electrons. The van der Waals surface area contributed by atoms with E-state index in [1.165, 1.54) is 11.4 Å². The first-order valence-corrected chi connectivity index (χ1v) is 2.99. The van der Waals surface area contributed by atoms with Gasteiger partial charge in [0.15, 0.2) is 11.4 Å². The summed E-state index contributed by atoms with van der Waals surface area (Å²) in [5.74, 6) is 0. The van der Waals surface area contributed by atoms with Gasteiger partial charge in [-0.05, 0) is 0 Å². The van der Waals surface area contributed by atoms with Gasteiger partial charge in [0, 0.05) is 13.8 Å². The van der Waals surface area contributed by atoms with Crippen LogP contribution in [0.25, 0.3) is 0 Å². The van der Waals surface area contributed by atoms with Crippen molar-refractivity contribution in [2.24, 2.45) is 7.05 Å². The van der Waals surface area contributed by atoms with Crippen LogP contribution in [0.5, 0.6) is 0 Å². The van der Waals surface area contributed by atoms with Gasteiger partial charge >= 0.3 is 0 Å². The van der Waals surface area contributed by atoms with Crippen molar-refractivity contribution in [1.82, 2.24) is 4.98 Å². The molecule has 0 bridgehead atoms. The summed E-state index contributed by atoms with van der Waals surface area (Å²) in [6.07, 6.45) is 3.71. The molecule has 0 radical (unpaired) electrons. The van der Waals surface area contributed by atoms with Gasteiger partial charge in [0.1, 0.15) is 7.05 Å². The average molecular weight is 123 g/mol. The Hall–Kier alpha value is -0.920.